The van der Waals surface area contributed by atoms with Crippen molar-refractivity contribution >= 4 is 12.4 Å². The fraction of sp³-hybridized carbons (Fsp3) is 0.500. The zero-order chi connectivity index (χ0) is 15.8. The first-order valence-electron chi connectivity index (χ1n) is 6.99. The minimum Gasteiger partial charge on any atom is -0.465 e. The van der Waals surface area contributed by atoms with Crippen LogP contribution in [0.4, 0.5) is 4.79 Å². The van der Waals surface area contributed by atoms with Gasteiger partial charge in [0.25, 0.3) is 0 Å². The number of hydrogen-bond acceptors (Lipinski definition) is 3. The number of benzene rings is 1. The molecule has 0 saturated heterocycles. The van der Waals surface area contributed by atoms with Crippen LogP contribution >= 0.6 is 0 Å². The van der Waals surface area contributed by atoms with E-state index in [0.717, 1.165) is 17.4 Å². The molecule has 0 radical (unpaired) electrons. The van der Waals surface area contributed by atoms with Crippen LogP contribution in [0.15, 0.2) is 24.3 Å². The first kappa shape index (κ1) is 17.2. The van der Waals surface area contributed by atoms with E-state index in [9.17, 15) is 14.7 Å². The van der Waals surface area contributed by atoms with E-state index in [-0.39, 0.29) is 18.5 Å². The first-order chi connectivity index (χ1) is 9.99. The van der Waals surface area contributed by atoms with Crippen LogP contribution in [0.1, 0.15) is 25.0 Å². The van der Waals surface area contributed by atoms with E-state index >= 15 is 0 Å². The van der Waals surface area contributed by atoms with E-state index in [0.29, 0.717) is 13.0 Å². The number of ether oxygens (including phenoxy) is 1. The molecular formula is C16H23NO4. The minimum atomic E-state index is -0.966. The quantitative estimate of drug-likeness (QED) is 0.748. The fourth-order valence-corrected chi connectivity index (χ4v) is 2.29. The van der Waals surface area contributed by atoms with Gasteiger partial charge in [-0.05, 0) is 17.0 Å². The summed E-state index contributed by atoms with van der Waals surface area (Å²) in [5.41, 5.74) is 1.76. The van der Waals surface area contributed by atoms with Gasteiger partial charge in [0, 0.05) is 20.1 Å². The van der Waals surface area contributed by atoms with Gasteiger partial charge in [-0.15, -0.1) is 0 Å². The second kappa shape index (κ2) is 8.42. The molecule has 116 valence electrons. The van der Waals surface area contributed by atoms with E-state index in [1.165, 1.54) is 4.90 Å². The Bertz CT molecular complexity index is 473. The molecule has 0 unspecified atom stereocenters. The van der Waals surface area contributed by atoms with Crippen molar-refractivity contribution in [3.8, 4) is 0 Å². The van der Waals surface area contributed by atoms with E-state index in [2.05, 4.69) is 0 Å². The molecule has 1 amide bonds. The molecule has 0 bridgehead atoms. The minimum absolute atomic E-state index is 0.152. The van der Waals surface area contributed by atoms with Gasteiger partial charge in [-0.2, -0.15) is 0 Å². The molecular weight excluding hydrogens is 270 g/mol. The molecule has 0 spiro atoms. The van der Waals surface area contributed by atoms with E-state index < -0.39 is 6.09 Å². The summed E-state index contributed by atoms with van der Waals surface area (Å²) in [6.45, 7) is 4.59. The van der Waals surface area contributed by atoms with Crippen LogP contribution in [0.25, 0.3) is 0 Å². The molecule has 1 atom stereocenters. The monoisotopic (exact) mass is 293 g/mol. The third kappa shape index (κ3) is 5.19. The SMILES string of the molecule is COC[C@@H](C(C)C)N(Cc1cccc(CC=O)c1)C(=O)O. The Labute approximate surface area is 125 Å². The molecule has 0 aliphatic rings. The first-order valence-corrected chi connectivity index (χ1v) is 6.99. The molecule has 5 nitrogen and oxygen atoms in total. The number of rotatable bonds is 8. The molecule has 0 aliphatic heterocycles. The lowest BCUT2D eigenvalue weighted by Crippen LogP contribution is -2.44. The van der Waals surface area contributed by atoms with Crippen LogP contribution in [-0.4, -0.2) is 42.1 Å². The summed E-state index contributed by atoms with van der Waals surface area (Å²) in [5.74, 6) is 0.152. The van der Waals surface area contributed by atoms with Crippen molar-refractivity contribution in [1.82, 2.24) is 4.90 Å². The van der Waals surface area contributed by atoms with Gasteiger partial charge in [-0.1, -0.05) is 38.1 Å². The summed E-state index contributed by atoms with van der Waals surface area (Å²) < 4.78 is 5.15. The van der Waals surface area contributed by atoms with Crippen molar-refractivity contribution in [2.45, 2.75) is 32.9 Å². The molecule has 0 aromatic heterocycles. The molecule has 0 saturated carbocycles. The Morgan fingerprint density at radius 1 is 1.38 bits per heavy atom. The molecule has 0 heterocycles. The van der Waals surface area contributed by atoms with E-state index in [1.54, 1.807) is 7.11 Å². The average Bonchev–Trinajstić information content (AvgIpc) is 2.43. The van der Waals surface area contributed by atoms with Crippen molar-refractivity contribution in [3.63, 3.8) is 0 Å². The third-order valence-electron chi connectivity index (χ3n) is 3.42. The predicted octanol–water partition coefficient (Wildman–Crippen LogP) is 2.58. The summed E-state index contributed by atoms with van der Waals surface area (Å²) in [4.78, 5) is 23.5. The van der Waals surface area contributed by atoms with E-state index in [1.807, 2.05) is 38.1 Å². The number of aldehydes is 1. The Balaban J connectivity index is 2.94. The summed E-state index contributed by atoms with van der Waals surface area (Å²) in [5, 5.41) is 9.47. The van der Waals surface area contributed by atoms with Crippen molar-refractivity contribution in [1.29, 1.82) is 0 Å². The number of amides is 1. The highest BCUT2D eigenvalue weighted by Gasteiger charge is 2.26. The largest absolute Gasteiger partial charge is 0.465 e. The standard InChI is InChI=1S/C16H23NO4/c1-12(2)15(11-21-3)17(16(19)20)10-14-6-4-5-13(9-14)7-8-18/h4-6,8-9,12,15H,7,10-11H2,1-3H3,(H,19,20)/t15-/m0/s1. The summed E-state index contributed by atoms with van der Waals surface area (Å²) in [6, 6.07) is 7.23. The number of carbonyl (C=O) groups excluding carboxylic acids is 1. The third-order valence-corrected chi connectivity index (χ3v) is 3.42. The lowest BCUT2D eigenvalue weighted by molar-refractivity contribution is -0.107. The maximum absolute atomic E-state index is 11.5. The Morgan fingerprint density at radius 3 is 2.57 bits per heavy atom. The molecule has 1 N–H and O–H groups in total. The van der Waals surface area contributed by atoms with Gasteiger partial charge >= 0.3 is 6.09 Å². The second-order valence-electron chi connectivity index (χ2n) is 5.37. The van der Waals surface area contributed by atoms with Gasteiger partial charge in [0.05, 0.1) is 12.6 Å². The molecule has 1 aromatic carbocycles. The maximum atomic E-state index is 11.5. The highest BCUT2D eigenvalue weighted by molar-refractivity contribution is 5.65. The van der Waals surface area contributed by atoms with Gasteiger partial charge in [0.2, 0.25) is 0 Å². The topological polar surface area (TPSA) is 66.8 Å². The number of methoxy groups -OCH3 is 1. The molecule has 1 aromatic rings. The van der Waals surface area contributed by atoms with Gasteiger partial charge in [0.1, 0.15) is 6.29 Å². The lowest BCUT2D eigenvalue weighted by atomic mass is 10.0. The van der Waals surface area contributed by atoms with E-state index in [4.69, 9.17) is 4.74 Å². The maximum Gasteiger partial charge on any atom is 0.407 e. The zero-order valence-electron chi connectivity index (χ0n) is 12.8. The second-order valence-corrected chi connectivity index (χ2v) is 5.37. The summed E-state index contributed by atoms with van der Waals surface area (Å²) in [6.07, 6.45) is 0.217. The molecule has 0 aliphatic carbocycles. The normalized spacial score (nSPS) is 12.2. The lowest BCUT2D eigenvalue weighted by Gasteiger charge is -2.32. The number of carbonyl (C=O) groups is 2. The molecule has 21 heavy (non-hydrogen) atoms. The number of hydrogen-bond donors (Lipinski definition) is 1. The van der Waals surface area contributed by atoms with Gasteiger partial charge in [-0.3, -0.25) is 4.90 Å². The Morgan fingerprint density at radius 2 is 2.05 bits per heavy atom. The number of carboxylic acid groups (broad SMARTS) is 1. The Kier molecular flexibility index (Phi) is 6.88. The van der Waals surface area contributed by atoms with Gasteiger partial charge < -0.3 is 14.6 Å². The Hall–Kier alpha value is -1.88. The van der Waals surface area contributed by atoms with Gasteiger partial charge in [0.15, 0.2) is 0 Å². The average molecular weight is 293 g/mol. The summed E-state index contributed by atoms with van der Waals surface area (Å²) in [7, 11) is 1.57. The molecule has 5 heteroatoms. The van der Waals surface area contributed by atoms with Crippen LogP contribution in [0.3, 0.4) is 0 Å². The van der Waals surface area contributed by atoms with Crippen LogP contribution in [0, 0.1) is 5.92 Å². The van der Waals surface area contributed by atoms with Crippen LogP contribution < -0.4 is 0 Å². The highest BCUT2D eigenvalue weighted by Crippen LogP contribution is 2.16. The predicted molar refractivity (Wildman–Crippen MR) is 80.3 cm³/mol. The molecule has 1 rings (SSSR count). The van der Waals surface area contributed by atoms with Crippen LogP contribution in [0.2, 0.25) is 0 Å². The van der Waals surface area contributed by atoms with Crippen molar-refractivity contribution in [2.75, 3.05) is 13.7 Å². The van der Waals surface area contributed by atoms with Crippen molar-refractivity contribution in [3.05, 3.63) is 35.4 Å². The fourth-order valence-electron chi connectivity index (χ4n) is 2.29. The highest BCUT2D eigenvalue weighted by atomic mass is 16.5. The molecule has 0 fully saturated rings. The van der Waals surface area contributed by atoms with Crippen molar-refractivity contribution < 1.29 is 19.4 Å². The van der Waals surface area contributed by atoms with Crippen LogP contribution in [0.5, 0.6) is 0 Å². The zero-order valence-corrected chi connectivity index (χ0v) is 12.8. The smallest absolute Gasteiger partial charge is 0.407 e. The van der Waals surface area contributed by atoms with Crippen LogP contribution in [-0.2, 0) is 22.5 Å². The van der Waals surface area contributed by atoms with Crippen molar-refractivity contribution in [2.24, 2.45) is 5.92 Å². The number of nitrogens with zero attached hydrogens (tertiary/aromatic N) is 1. The summed E-state index contributed by atoms with van der Waals surface area (Å²) >= 11 is 0. The van der Waals surface area contributed by atoms with Gasteiger partial charge in [-0.25, -0.2) is 4.79 Å².